The van der Waals surface area contributed by atoms with Crippen molar-refractivity contribution in [2.75, 3.05) is 33.3 Å². The van der Waals surface area contributed by atoms with Gasteiger partial charge in [0.05, 0.1) is 12.0 Å². The van der Waals surface area contributed by atoms with Gasteiger partial charge in [-0.3, -0.25) is 14.9 Å². The number of hydrogen-bond acceptors (Lipinski definition) is 5. The number of methoxy groups -OCH3 is 1. The van der Waals surface area contributed by atoms with Crippen LogP contribution in [0.25, 0.3) is 0 Å². The Labute approximate surface area is 134 Å². The zero-order valence-electron chi connectivity index (χ0n) is 13.2. The number of fused-ring (bicyclic) bond motifs is 1. The highest BCUT2D eigenvalue weighted by Crippen LogP contribution is 2.30. The molecule has 0 aliphatic carbocycles. The van der Waals surface area contributed by atoms with Crippen LogP contribution in [0.1, 0.15) is 23.2 Å². The molecule has 1 aromatic carbocycles. The van der Waals surface area contributed by atoms with Crippen LogP contribution >= 0.6 is 0 Å². The van der Waals surface area contributed by atoms with Crippen molar-refractivity contribution in [2.45, 2.75) is 12.8 Å². The van der Waals surface area contributed by atoms with E-state index >= 15 is 0 Å². The van der Waals surface area contributed by atoms with Gasteiger partial charge in [0.25, 0.3) is 11.6 Å². The number of likely N-dealkylation sites (tertiary alicyclic amines) is 1. The number of nitro groups is 1. The Balaban J connectivity index is 1.83. The molecule has 0 saturated carbocycles. The van der Waals surface area contributed by atoms with Gasteiger partial charge in [0.15, 0.2) is 0 Å². The van der Waals surface area contributed by atoms with Gasteiger partial charge in [-0.1, -0.05) is 0 Å². The maximum Gasteiger partial charge on any atom is 0.282 e. The van der Waals surface area contributed by atoms with Crippen LogP contribution in [0, 0.1) is 22.0 Å². The first-order valence-electron chi connectivity index (χ1n) is 7.92. The molecule has 1 aromatic rings. The molecule has 2 fully saturated rings. The number of nitrogens with zero attached hydrogens (tertiary/aromatic N) is 2. The van der Waals surface area contributed by atoms with Crippen molar-refractivity contribution in [3.05, 3.63) is 33.9 Å². The maximum absolute atomic E-state index is 12.8. The molecule has 2 heterocycles. The summed E-state index contributed by atoms with van der Waals surface area (Å²) in [5, 5.41) is 14.6. The van der Waals surface area contributed by atoms with Crippen LogP contribution in [0.15, 0.2) is 18.2 Å². The summed E-state index contributed by atoms with van der Waals surface area (Å²) in [5.41, 5.74) is -0.0542. The van der Waals surface area contributed by atoms with E-state index in [1.165, 1.54) is 25.3 Å². The summed E-state index contributed by atoms with van der Waals surface area (Å²) in [6.45, 7) is 3.31. The summed E-state index contributed by atoms with van der Waals surface area (Å²) in [6, 6.07) is 4.31. The second kappa shape index (κ2) is 6.54. The summed E-state index contributed by atoms with van der Waals surface area (Å²) < 4.78 is 5.11. The van der Waals surface area contributed by atoms with E-state index in [-0.39, 0.29) is 17.2 Å². The van der Waals surface area contributed by atoms with Gasteiger partial charge in [-0.25, -0.2) is 0 Å². The molecule has 2 atom stereocenters. The fraction of sp³-hybridized carbons (Fsp3) is 0.562. The minimum atomic E-state index is -0.511. The average Bonchev–Trinajstić information content (AvgIpc) is 2.92. The van der Waals surface area contributed by atoms with E-state index in [1.807, 2.05) is 0 Å². The minimum absolute atomic E-state index is 0.111. The molecule has 124 valence electrons. The number of nitrogens with one attached hydrogen (secondary N) is 1. The van der Waals surface area contributed by atoms with E-state index < -0.39 is 4.92 Å². The molecule has 1 N–H and O–H groups in total. The van der Waals surface area contributed by atoms with E-state index in [0.717, 1.165) is 25.9 Å². The van der Waals surface area contributed by atoms with Crippen molar-refractivity contribution in [3.8, 4) is 5.75 Å². The van der Waals surface area contributed by atoms with Crippen LogP contribution in [0.4, 0.5) is 5.69 Å². The summed E-state index contributed by atoms with van der Waals surface area (Å²) >= 11 is 0. The van der Waals surface area contributed by atoms with Crippen molar-refractivity contribution in [3.63, 3.8) is 0 Å². The highest BCUT2D eigenvalue weighted by atomic mass is 16.6. The highest BCUT2D eigenvalue weighted by Gasteiger charge is 2.33. The molecule has 0 bridgehead atoms. The fourth-order valence-electron chi connectivity index (χ4n) is 3.56. The fourth-order valence-corrected chi connectivity index (χ4v) is 3.56. The molecule has 2 aliphatic heterocycles. The summed E-state index contributed by atoms with van der Waals surface area (Å²) in [4.78, 5) is 25.3. The molecule has 3 rings (SSSR count). The van der Waals surface area contributed by atoms with Gasteiger partial charge in [-0.15, -0.1) is 0 Å². The zero-order chi connectivity index (χ0) is 16.4. The van der Waals surface area contributed by atoms with Crippen LogP contribution in [0.2, 0.25) is 0 Å². The lowest BCUT2D eigenvalue weighted by Crippen LogP contribution is -2.33. The Morgan fingerprint density at radius 1 is 1.30 bits per heavy atom. The number of carbonyl (C=O) groups is 1. The number of benzene rings is 1. The molecule has 23 heavy (non-hydrogen) atoms. The largest absolute Gasteiger partial charge is 0.497 e. The third kappa shape index (κ3) is 3.14. The molecule has 2 saturated heterocycles. The molecule has 7 nitrogen and oxygen atoms in total. The molecule has 7 heteroatoms. The molecule has 0 unspecified atom stereocenters. The molecule has 1 amide bonds. The monoisotopic (exact) mass is 319 g/mol. The summed E-state index contributed by atoms with van der Waals surface area (Å²) in [6.07, 6.45) is 1.89. The quantitative estimate of drug-likeness (QED) is 0.677. The number of ether oxygens (including phenoxy) is 1. The molecule has 0 radical (unpaired) electrons. The first-order chi connectivity index (χ1) is 11.1. The van der Waals surface area contributed by atoms with Gasteiger partial charge in [0, 0.05) is 19.2 Å². The Morgan fingerprint density at radius 3 is 2.52 bits per heavy atom. The van der Waals surface area contributed by atoms with Gasteiger partial charge in [-0.05, 0) is 49.9 Å². The van der Waals surface area contributed by atoms with Crippen molar-refractivity contribution in [1.29, 1.82) is 0 Å². The lowest BCUT2D eigenvalue weighted by Gasteiger charge is -2.21. The first-order valence-corrected chi connectivity index (χ1v) is 7.92. The molecular formula is C16H21N3O4. The maximum atomic E-state index is 12.8. The van der Waals surface area contributed by atoms with E-state index in [9.17, 15) is 14.9 Å². The van der Waals surface area contributed by atoms with Crippen molar-refractivity contribution >= 4 is 11.6 Å². The van der Waals surface area contributed by atoms with Crippen LogP contribution in [0.5, 0.6) is 5.75 Å². The van der Waals surface area contributed by atoms with Crippen molar-refractivity contribution in [2.24, 2.45) is 11.8 Å². The van der Waals surface area contributed by atoms with E-state index in [0.29, 0.717) is 30.7 Å². The third-order valence-electron chi connectivity index (χ3n) is 4.94. The van der Waals surface area contributed by atoms with Gasteiger partial charge < -0.3 is 15.0 Å². The topological polar surface area (TPSA) is 84.7 Å². The Bertz CT molecular complexity index is 605. The SMILES string of the molecule is COc1ccc([N+](=O)[O-])c(C(=O)N2CC[C@@H]3CNC[C@@H]3CC2)c1. The van der Waals surface area contributed by atoms with Gasteiger partial charge >= 0.3 is 0 Å². The number of hydrogen-bond donors (Lipinski definition) is 1. The predicted octanol–water partition coefficient (Wildman–Crippen LogP) is 1.68. The van der Waals surface area contributed by atoms with Crippen LogP contribution < -0.4 is 10.1 Å². The number of carbonyl (C=O) groups excluding carboxylic acids is 1. The highest BCUT2D eigenvalue weighted by molar-refractivity contribution is 5.98. The molecule has 0 aromatic heterocycles. The van der Waals surface area contributed by atoms with E-state index in [2.05, 4.69) is 5.32 Å². The van der Waals surface area contributed by atoms with Crippen LogP contribution in [0.3, 0.4) is 0 Å². The number of amides is 1. The lowest BCUT2D eigenvalue weighted by atomic mass is 9.92. The molecule has 0 spiro atoms. The average molecular weight is 319 g/mol. The zero-order valence-corrected chi connectivity index (χ0v) is 13.2. The number of rotatable bonds is 3. The van der Waals surface area contributed by atoms with Gasteiger partial charge in [0.2, 0.25) is 0 Å². The van der Waals surface area contributed by atoms with Gasteiger partial charge in [0.1, 0.15) is 11.3 Å². The minimum Gasteiger partial charge on any atom is -0.497 e. The Kier molecular flexibility index (Phi) is 4.47. The van der Waals surface area contributed by atoms with Crippen molar-refractivity contribution < 1.29 is 14.5 Å². The van der Waals surface area contributed by atoms with Crippen molar-refractivity contribution in [1.82, 2.24) is 10.2 Å². The van der Waals surface area contributed by atoms with E-state index in [4.69, 9.17) is 4.74 Å². The molecule has 2 aliphatic rings. The Morgan fingerprint density at radius 2 is 1.96 bits per heavy atom. The first kappa shape index (κ1) is 15.7. The molecular weight excluding hydrogens is 298 g/mol. The van der Waals surface area contributed by atoms with E-state index in [1.54, 1.807) is 4.90 Å². The predicted molar refractivity (Wildman–Crippen MR) is 84.6 cm³/mol. The van der Waals surface area contributed by atoms with Gasteiger partial charge in [-0.2, -0.15) is 0 Å². The van der Waals surface area contributed by atoms with Crippen LogP contribution in [-0.2, 0) is 0 Å². The summed E-state index contributed by atoms with van der Waals surface area (Å²) in [5.74, 6) is 1.39. The second-order valence-electron chi connectivity index (χ2n) is 6.19. The second-order valence-corrected chi connectivity index (χ2v) is 6.19. The smallest absolute Gasteiger partial charge is 0.282 e. The normalized spacial score (nSPS) is 24.0. The Hall–Kier alpha value is -2.15. The number of nitro benzene ring substituents is 1. The standard InChI is InChI=1S/C16H21N3O4/c1-23-13-2-3-15(19(21)22)14(8-13)16(20)18-6-4-11-9-17-10-12(11)5-7-18/h2-3,8,11-12,17H,4-7,9-10H2,1H3/t11-,12+. The summed E-state index contributed by atoms with van der Waals surface area (Å²) in [7, 11) is 1.48. The van der Waals surface area contributed by atoms with Crippen LogP contribution in [-0.4, -0.2) is 49.0 Å². The lowest BCUT2D eigenvalue weighted by molar-refractivity contribution is -0.385. The third-order valence-corrected chi connectivity index (χ3v) is 4.94.